The van der Waals surface area contributed by atoms with Crippen LogP contribution in [0.15, 0.2) is 66.6 Å². The van der Waals surface area contributed by atoms with Gasteiger partial charge >= 0.3 is 12.1 Å². The molecule has 37 heavy (non-hydrogen) atoms. The summed E-state index contributed by atoms with van der Waals surface area (Å²) in [5.74, 6) is -0.00999. The minimum Gasteiger partial charge on any atom is -0.497 e. The first kappa shape index (κ1) is 26.1. The molecule has 1 aliphatic heterocycles. The van der Waals surface area contributed by atoms with Crippen LogP contribution in [0.4, 0.5) is 9.18 Å². The third-order valence-corrected chi connectivity index (χ3v) is 6.60. The molecule has 3 aromatic rings. The molecule has 0 saturated carbocycles. The van der Waals surface area contributed by atoms with Gasteiger partial charge in [-0.05, 0) is 66.5 Å². The molecule has 1 aliphatic rings. The number of hydrogen-bond acceptors (Lipinski definition) is 6. The molecule has 1 atom stereocenters. The Balaban J connectivity index is 1.40. The molecule has 0 radical (unpaired) electrons. The Hall–Kier alpha value is -3.94. The van der Waals surface area contributed by atoms with E-state index in [9.17, 15) is 14.0 Å². The second-order valence-corrected chi connectivity index (χ2v) is 9.11. The summed E-state index contributed by atoms with van der Waals surface area (Å²) in [6.07, 6.45) is 5.00. The Bertz CT molecular complexity index is 1280. The Morgan fingerprint density at radius 1 is 1.19 bits per heavy atom. The molecule has 194 valence electrons. The molecule has 2 heterocycles. The number of esters is 1. The lowest BCUT2D eigenvalue weighted by Gasteiger charge is -2.33. The molecule has 1 aromatic heterocycles. The Labute approximate surface area is 215 Å². The van der Waals surface area contributed by atoms with Crippen LogP contribution >= 0.6 is 0 Å². The highest BCUT2D eigenvalue weighted by Gasteiger charge is 2.28. The summed E-state index contributed by atoms with van der Waals surface area (Å²) in [5, 5.41) is 0.742. The van der Waals surface area contributed by atoms with E-state index in [1.54, 1.807) is 12.0 Å². The fourth-order valence-electron chi connectivity index (χ4n) is 4.62. The second-order valence-electron chi connectivity index (χ2n) is 9.11. The predicted octanol–water partition coefficient (Wildman–Crippen LogP) is 5.81. The van der Waals surface area contributed by atoms with Crippen LogP contribution < -0.4 is 4.74 Å². The molecule has 0 N–H and O–H groups in total. The minimum atomic E-state index is -0.422. The summed E-state index contributed by atoms with van der Waals surface area (Å²) in [6.45, 7) is 2.37. The van der Waals surface area contributed by atoms with E-state index in [4.69, 9.17) is 14.2 Å². The number of methoxy groups -OCH3 is 1. The zero-order valence-corrected chi connectivity index (χ0v) is 21.1. The van der Waals surface area contributed by atoms with Crippen molar-refractivity contribution in [3.05, 3.63) is 83.5 Å². The number of piperidine rings is 1. The van der Waals surface area contributed by atoms with Gasteiger partial charge in [0.1, 0.15) is 18.2 Å². The van der Waals surface area contributed by atoms with Crippen molar-refractivity contribution >= 4 is 23.0 Å². The van der Waals surface area contributed by atoms with Gasteiger partial charge in [-0.1, -0.05) is 30.3 Å². The van der Waals surface area contributed by atoms with Crippen molar-refractivity contribution < 1.29 is 28.2 Å². The van der Waals surface area contributed by atoms with Crippen LogP contribution in [-0.2, 0) is 27.3 Å². The predicted molar refractivity (Wildman–Crippen MR) is 137 cm³/mol. The molecule has 2 aromatic carbocycles. The standard InChI is InChI=1S/C29H31FN2O5/c1-20(33)36-19-23-17-32(29(34)37-18-21-7-4-3-5-8-21)14-13-22(23)9-6-10-25-26-15-24(35-2)11-12-28(26)31-16-27(25)30/h3-5,7-8,11-12,15-16,19,22H,6,9-10,13-14,17-18H2,1-2H3. The van der Waals surface area contributed by atoms with Crippen LogP contribution in [0.2, 0.25) is 0 Å². The maximum Gasteiger partial charge on any atom is 0.410 e. The first-order valence-electron chi connectivity index (χ1n) is 12.4. The van der Waals surface area contributed by atoms with Gasteiger partial charge in [0.2, 0.25) is 0 Å². The van der Waals surface area contributed by atoms with Gasteiger partial charge in [-0.15, -0.1) is 0 Å². The minimum absolute atomic E-state index is 0.100. The normalized spacial score (nSPS) is 16.6. The topological polar surface area (TPSA) is 78.0 Å². The first-order chi connectivity index (χ1) is 17.9. The molecule has 1 fully saturated rings. The van der Waals surface area contributed by atoms with Crippen LogP contribution in [-0.4, -0.2) is 42.1 Å². The average Bonchev–Trinajstić information content (AvgIpc) is 2.92. The maximum absolute atomic E-state index is 14.7. The van der Waals surface area contributed by atoms with Crippen LogP contribution in [0.5, 0.6) is 5.75 Å². The fraction of sp³-hybridized carbons (Fsp3) is 0.345. The summed E-state index contributed by atoms with van der Waals surface area (Å²) in [6, 6.07) is 14.9. The highest BCUT2D eigenvalue weighted by molar-refractivity contribution is 5.83. The van der Waals surface area contributed by atoms with E-state index in [1.165, 1.54) is 19.4 Å². The molecule has 1 amide bonds. The summed E-state index contributed by atoms with van der Waals surface area (Å²) in [7, 11) is 1.58. The van der Waals surface area contributed by atoms with E-state index in [1.807, 2.05) is 48.5 Å². The van der Waals surface area contributed by atoms with E-state index in [2.05, 4.69) is 4.98 Å². The number of rotatable bonds is 8. The van der Waals surface area contributed by atoms with Gasteiger partial charge in [0, 0.05) is 25.4 Å². The summed E-state index contributed by atoms with van der Waals surface area (Å²) >= 11 is 0. The van der Waals surface area contributed by atoms with Crippen molar-refractivity contribution in [1.82, 2.24) is 9.88 Å². The van der Waals surface area contributed by atoms with Gasteiger partial charge < -0.3 is 19.1 Å². The van der Waals surface area contributed by atoms with Crippen LogP contribution in [0.3, 0.4) is 0 Å². The van der Waals surface area contributed by atoms with Crippen LogP contribution in [0.1, 0.15) is 37.3 Å². The number of likely N-dealkylation sites (tertiary alicyclic amines) is 1. The zero-order valence-electron chi connectivity index (χ0n) is 21.1. The third kappa shape index (κ3) is 6.84. The number of benzene rings is 2. The number of aryl methyl sites for hydroxylation is 1. The lowest BCUT2D eigenvalue weighted by atomic mass is 9.87. The zero-order chi connectivity index (χ0) is 26.2. The smallest absolute Gasteiger partial charge is 0.410 e. The summed E-state index contributed by atoms with van der Waals surface area (Å²) < 4.78 is 30.7. The van der Waals surface area contributed by atoms with Gasteiger partial charge in [0.05, 0.1) is 25.1 Å². The highest BCUT2D eigenvalue weighted by Crippen LogP contribution is 2.30. The number of ether oxygens (including phenoxy) is 3. The van der Waals surface area contributed by atoms with Crippen molar-refractivity contribution in [2.75, 3.05) is 20.2 Å². The van der Waals surface area contributed by atoms with Crippen molar-refractivity contribution in [3.8, 4) is 5.75 Å². The van der Waals surface area contributed by atoms with Crippen molar-refractivity contribution in [1.29, 1.82) is 0 Å². The highest BCUT2D eigenvalue weighted by atomic mass is 19.1. The van der Waals surface area contributed by atoms with Gasteiger partial charge in [0.25, 0.3) is 0 Å². The fourth-order valence-corrected chi connectivity index (χ4v) is 4.62. The van der Waals surface area contributed by atoms with Gasteiger partial charge in [-0.25, -0.2) is 9.18 Å². The lowest BCUT2D eigenvalue weighted by Crippen LogP contribution is -2.40. The molecule has 8 heteroatoms. The van der Waals surface area contributed by atoms with Crippen LogP contribution in [0.25, 0.3) is 10.9 Å². The Morgan fingerprint density at radius 2 is 2.00 bits per heavy atom. The quantitative estimate of drug-likeness (QED) is 0.283. The first-order valence-corrected chi connectivity index (χ1v) is 12.4. The number of hydrogen-bond donors (Lipinski definition) is 0. The molecule has 1 saturated heterocycles. The number of halogens is 1. The van der Waals surface area contributed by atoms with E-state index in [-0.39, 0.29) is 18.3 Å². The number of carbonyl (C=O) groups excluding carboxylic acids is 2. The number of nitrogens with zero attached hydrogens (tertiary/aromatic N) is 2. The number of fused-ring (bicyclic) bond motifs is 1. The molecule has 0 aliphatic carbocycles. The SMILES string of the molecule is COc1ccc2ncc(F)c(CCCC3CCN(C(=O)OCc4ccccc4)CC3=COC(C)=O)c2c1. The Morgan fingerprint density at radius 3 is 2.76 bits per heavy atom. The molecule has 1 unspecified atom stereocenters. The largest absolute Gasteiger partial charge is 0.497 e. The maximum atomic E-state index is 14.7. The summed E-state index contributed by atoms with van der Waals surface area (Å²) in [4.78, 5) is 29.9. The number of pyridine rings is 1. The summed E-state index contributed by atoms with van der Waals surface area (Å²) in [5.41, 5.74) is 3.08. The van der Waals surface area contributed by atoms with E-state index in [0.717, 1.165) is 28.5 Å². The number of carbonyl (C=O) groups is 2. The van der Waals surface area contributed by atoms with Crippen molar-refractivity contribution in [2.45, 2.75) is 39.2 Å². The molecule has 0 bridgehead atoms. The lowest BCUT2D eigenvalue weighted by molar-refractivity contribution is -0.135. The van der Waals surface area contributed by atoms with Gasteiger partial charge in [-0.2, -0.15) is 0 Å². The monoisotopic (exact) mass is 506 g/mol. The van der Waals surface area contributed by atoms with E-state index >= 15 is 0 Å². The van der Waals surface area contributed by atoms with Gasteiger partial charge in [0.15, 0.2) is 0 Å². The van der Waals surface area contributed by atoms with Crippen molar-refractivity contribution in [3.63, 3.8) is 0 Å². The van der Waals surface area contributed by atoms with Crippen molar-refractivity contribution in [2.24, 2.45) is 5.92 Å². The Kier molecular flexibility index (Phi) is 8.72. The third-order valence-electron chi connectivity index (χ3n) is 6.60. The van der Waals surface area contributed by atoms with Gasteiger partial charge in [-0.3, -0.25) is 9.78 Å². The molecule has 0 spiro atoms. The molecular weight excluding hydrogens is 475 g/mol. The molecular formula is C29H31FN2O5. The molecule has 4 rings (SSSR count). The molecule has 7 nitrogen and oxygen atoms in total. The second kappa shape index (κ2) is 12.3. The average molecular weight is 507 g/mol. The van der Waals surface area contributed by atoms with E-state index < -0.39 is 12.1 Å². The van der Waals surface area contributed by atoms with E-state index in [0.29, 0.717) is 43.7 Å². The van der Waals surface area contributed by atoms with Crippen LogP contribution in [0, 0.1) is 11.7 Å². The number of aromatic nitrogens is 1. The number of amides is 1.